The van der Waals surface area contributed by atoms with Crippen molar-refractivity contribution in [2.45, 2.75) is 13.0 Å². The van der Waals surface area contributed by atoms with Gasteiger partial charge in [0, 0.05) is 23.7 Å². The van der Waals surface area contributed by atoms with Gasteiger partial charge in [0.1, 0.15) is 11.5 Å². The summed E-state index contributed by atoms with van der Waals surface area (Å²) < 4.78 is 12.1. The number of benzene rings is 2. The molecule has 1 unspecified atom stereocenters. The van der Waals surface area contributed by atoms with Gasteiger partial charge in [-0.3, -0.25) is 14.4 Å². The summed E-state index contributed by atoms with van der Waals surface area (Å²) in [4.78, 5) is 40.0. The Kier molecular flexibility index (Phi) is 5.33. The summed E-state index contributed by atoms with van der Waals surface area (Å²) >= 11 is 0. The van der Waals surface area contributed by atoms with Crippen LogP contribution in [0.4, 0.5) is 5.69 Å². The molecule has 7 nitrogen and oxygen atoms in total. The van der Waals surface area contributed by atoms with Crippen LogP contribution in [-0.2, 0) is 4.79 Å². The Morgan fingerprint density at radius 2 is 2.03 bits per heavy atom. The zero-order valence-corrected chi connectivity index (χ0v) is 17.3. The van der Waals surface area contributed by atoms with Gasteiger partial charge in [-0.25, -0.2) is 0 Å². The zero-order valence-electron chi connectivity index (χ0n) is 17.3. The van der Waals surface area contributed by atoms with Gasteiger partial charge in [-0.15, -0.1) is 6.58 Å². The molecular formula is C24H22N2O5. The summed E-state index contributed by atoms with van der Waals surface area (Å²) in [6.45, 7) is 5.63. The first-order valence-corrected chi connectivity index (χ1v) is 9.86. The SMILES string of the molecule is C=CCN1C(=O)COc2ccc(C(=O)C(C)n3ccc4cc(OC)ccc4c3=O)cc21. The minimum atomic E-state index is -0.731. The van der Waals surface area contributed by atoms with Crippen molar-refractivity contribution in [3.05, 3.63) is 77.2 Å². The van der Waals surface area contributed by atoms with Crippen molar-refractivity contribution in [1.29, 1.82) is 0 Å². The molecule has 158 valence electrons. The third-order valence-electron chi connectivity index (χ3n) is 5.43. The predicted molar refractivity (Wildman–Crippen MR) is 118 cm³/mol. The maximum Gasteiger partial charge on any atom is 0.265 e. The van der Waals surface area contributed by atoms with Gasteiger partial charge in [0.15, 0.2) is 12.4 Å². The number of pyridine rings is 1. The molecular weight excluding hydrogens is 396 g/mol. The van der Waals surface area contributed by atoms with Crippen LogP contribution in [0.25, 0.3) is 10.8 Å². The van der Waals surface area contributed by atoms with Crippen LogP contribution in [0.2, 0.25) is 0 Å². The van der Waals surface area contributed by atoms with E-state index < -0.39 is 6.04 Å². The first-order valence-electron chi connectivity index (χ1n) is 9.86. The molecule has 7 heteroatoms. The molecule has 0 radical (unpaired) electrons. The van der Waals surface area contributed by atoms with E-state index in [-0.39, 0.29) is 23.9 Å². The summed E-state index contributed by atoms with van der Waals surface area (Å²) in [6, 6.07) is 11.2. The Morgan fingerprint density at radius 1 is 1.23 bits per heavy atom. The number of rotatable bonds is 6. The number of carbonyl (C=O) groups is 2. The lowest BCUT2D eigenvalue weighted by atomic mass is 10.0. The molecule has 2 heterocycles. The van der Waals surface area contributed by atoms with Gasteiger partial charge in [0.2, 0.25) is 0 Å². The molecule has 0 aliphatic carbocycles. The monoisotopic (exact) mass is 418 g/mol. The van der Waals surface area contributed by atoms with Crippen molar-refractivity contribution in [3.8, 4) is 11.5 Å². The molecule has 1 aliphatic heterocycles. The summed E-state index contributed by atoms with van der Waals surface area (Å²) in [5, 5.41) is 1.24. The standard InChI is InChI=1S/C24H22N2O5/c1-4-10-26-20-13-17(5-8-21(20)31-14-22(26)27)23(28)15(2)25-11-9-16-12-18(30-3)6-7-19(16)24(25)29/h4-9,11-13,15H,1,10,14H2,2-3H3. The third kappa shape index (κ3) is 3.59. The van der Waals surface area contributed by atoms with Crippen LogP contribution in [0.1, 0.15) is 23.3 Å². The minimum Gasteiger partial charge on any atom is -0.497 e. The summed E-state index contributed by atoms with van der Waals surface area (Å²) in [5.74, 6) is 0.742. The number of aromatic nitrogens is 1. The van der Waals surface area contributed by atoms with Crippen LogP contribution in [0.3, 0.4) is 0 Å². The highest BCUT2D eigenvalue weighted by atomic mass is 16.5. The molecule has 0 spiro atoms. The number of hydrogen-bond acceptors (Lipinski definition) is 5. The van der Waals surface area contributed by atoms with Gasteiger partial charge in [0.05, 0.1) is 18.8 Å². The normalized spacial score (nSPS) is 14.0. The highest BCUT2D eigenvalue weighted by molar-refractivity contribution is 6.03. The van der Waals surface area contributed by atoms with E-state index in [1.807, 2.05) is 0 Å². The van der Waals surface area contributed by atoms with Crippen molar-refractivity contribution in [3.63, 3.8) is 0 Å². The number of nitrogens with zero attached hydrogens (tertiary/aromatic N) is 2. The number of carbonyl (C=O) groups excluding carboxylic acids is 2. The van der Waals surface area contributed by atoms with Crippen molar-refractivity contribution < 1.29 is 19.1 Å². The highest BCUT2D eigenvalue weighted by Gasteiger charge is 2.27. The van der Waals surface area contributed by atoms with Crippen molar-refractivity contribution in [2.24, 2.45) is 0 Å². The van der Waals surface area contributed by atoms with Crippen LogP contribution in [0, 0.1) is 0 Å². The number of hydrogen-bond donors (Lipinski definition) is 0. The first-order chi connectivity index (χ1) is 14.9. The van der Waals surface area contributed by atoms with E-state index in [9.17, 15) is 14.4 Å². The number of ketones is 1. The summed E-state index contributed by atoms with van der Waals surface area (Å²) in [7, 11) is 1.57. The van der Waals surface area contributed by atoms with Crippen LogP contribution in [0.15, 0.2) is 66.1 Å². The lowest BCUT2D eigenvalue weighted by Gasteiger charge is -2.29. The van der Waals surface area contributed by atoms with Gasteiger partial charge in [-0.05, 0) is 54.8 Å². The van der Waals surface area contributed by atoms with Crippen LogP contribution in [0.5, 0.6) is 11.5 Å². The fourth-order valence-corrected chi connectivity index (χ4v) is 3.72. The Labute approximate surface area is 179 Å². The van der Waals surface area contributed by atoms with Crippen molar-refractivity contribution in [1.82, 2.24) is 4.57 Å². The average Bonchev–Trinajstić information content (AvgIpc) is 2.79. The fourth-order valence-electron chi connectivity index (χ4n) is 3.72. The molecule has 0 bridgehead atoms. The van der Waals surface area contributed by atoms with E-state index in [0.29, 0.717) is 34.7 Å². The Hall–Kier alpha value is -3.87. The summed E-state index contributed by atoms with van der Waals surface area (Å²) in [5.41, 5.74) is 0.651. The average molecular weight is 418 g/mol. The van der Waals surface area contributed by atoms with E-state index in [0.717, 1.165) is 5.39 Å². The molecule has 1 aliphatic rings. The largest absolute Gasteiger partial charge is 0.497 e. The van der Waals surface area contributed by atoms with Gasteiger partial charge in [-0.2, -0.15) is 0 Å². The van der Waals surface area contributed by atoms with Crippen LogP contribution < -0.4 is 19.9 Å². The lowest BCUT2D eigenvalue weighted by molar-refractivity contribution is -0.121. The predicted octanol–water partition coefficient (Wildman–Crippen LogP) is 3.37. The number of anilines is 1. The van der Waals surface area contributed by atoms with Gasteiger partial charge in [0.25, 0.3) is 11.5 Å². The third-order valence-corrected chi connectivity index (χ3v) is 5.43. The molecule has 31 heavy (non-hydrogen) atoms. The van der Waals surface area contributed by atoms with Gasteiger partial charge >= 0.3 is 0 Å². The second-order valence-electron chi connectivity index (χ2n) is 7.29. The number of Topliss-reactive ketones (excluding diaryl/α,β-unsaturated/α-hetero) is 1. The van der Waals surface area contributed by atoms with E-state index >= 15 is 0 Å². The number of methoxy groups -OCH3 is 1. The number of fused-ring (bicyclic) bond motifs is 2. The Morgan fingerprint density at radius 3 is 2.77 bits per heavy atom. The number of amides is 1. The number of ether oxygens (including phenoxy) is 2. The molecule has 1 aromatic heterocycles. The van der Waals surface area contributed by atoms with Crippen LogP contribution >= 0.6 is 0 Å². The molecule has 1 amide bonds. The fraction of sp³-hybridized carbons (Fsp3) is 0.208. The lowest BCUT2D eigenvalue weighted by Crippen LogP contribution is -2.39. The second-order valence-corrected chi connectivity index (χ2v) is 7.29. The molecule has 0 saturated carbocycles. The molecule has 0 saturated heterocycles. The van der Waals surface area contributed by atoms with E-state index in [2.05, 4.69) is 6.58 Å². The maximum absolute atomic E-state index is 13.2. The zero-order chi connectivity index (χ0) is 22.1. The topological polar surface area (TPSA) is 77.8 Å². The van der Waals surface area contributed by atoms with Crippen molar-refractivity contribution in [2.75, 3.05) is 25.2 Å². The molecule has 3 aromatic rings. The minimum absolute atomic E-state index is 0.0538. The molecule has 0 fully saturated rings. The summed E-state index contributed by atoms with van der Waals surface area (Å²) in [6.07, 6.45) is 3.23. The molecule has 2 aromatic carbocycles. The molecule has 0 N–H and O–H groups in total. The maximum atomic E-state index is 13.2. The van der Waals surface area contributed by atoms with E-state index in [1.165, 1.54) is 9.47 Å². The van der Waals surface area contributed by atoms with Gasteiger partial charge < -0.3 is 18.9 Å². The van der Waals surface area contributed by atoms with Gasteiger partial charge in [-0.1, -0.05) is 6.08 Å². The van der Waals surface area contributed by atoms with Crippen LogP contribution in [-0.4, -0.2) is 36.5 Å². The first kappa shape index (κ1) is 20.4. The van der Waals surface area contributed by atoms with Crippen molar-refractivity contribution >= 4 is 28.2 Å². The quantitative estimate of drug-likeness (QED) is 0.453. The smallest absolute Gasteiger partial charge is 0.265 e. The molecule has 1 atom stereocenters. The van der Waals surface area contributed by atoms with E-state index in [4.69, 9.17) is 9.47 Å². The van der Waals surface area contributed by atoms with E-state index in [1.54, 1.807) is 68.8 Å². The molecule has 4 rings (SSSR count). The highest BCUT2D eigenvalue weighted by Crippen LogP contribution is 2.34. The second kappa shape index (κ2) is 8.10. The Bertz CT molecular complexity index is 1260. The Balaban J connectivity index is 1.70.